The molecular weight excluding hydrogens is 424 g/mol. The molecule has 0 unspecified atom stereocenters. The Morgan fingerprint density at radius 1 is 0.969 bits per heavy atom. The van der Waals surface area contributed by atoms with E-state index in [0.29, 0.717) is 29.7 Å². The summed E-state index contributed by atoms with van der Waals surface area (Å²) in [5.74, 6) is 0.641. The normalized spacial score (nSPS) is 10.6. The molecule has 1 amide bonds. The van der Waals surface area contributed by atoms with Crippen molar-refractivity contribution in [3.05, 3.63) is 88.4 Å². The van der Waals surface area contributed by atoms with E-state index in [2.05, 4.69) is 22.8 Å². The van der Waals surface area contributed by atoms with Crippen LogP contribution < -0.4 is 20.1 Å². The molecular formula is C26H29ClN2O3. The Labute approximate surface area is 194 Å². The largest absolute Gasteiger partial charge is 0.490 e. The van der Waals surface area contributed by atoms with Gasteiger partial charge in [-0.05, 0) is 62.2 Å². The van der Waals surface area contributed by atoms with Crippen molar-refractivity contribution >= 4 is 23.2 Å². The van der Waals surface area contributed by atoms with Crippen molar-refractivity contribution < 1.29 is 14.3 Å². The van der Waals surface area contributed by atoms with E-state index in [0.717, 1.165) is 29.8 Å². The molecule has 3 rings (SSSR count). The zero-order valence-corrected chi connectivity index (χ0v) is 19.2. The zero-order valence-electron chi connectivity index (χ0n) is 18.5. The summed E-state index contributed by atoms with van der Waals surface area (Å²) in [7, 11) is 0. The van der Waals surface area contributed by atoms with Crippen LogP contribution in [0.5, 0.6) is 11.5 Å². The third kappa shape index (κ3) is 7.29. The van der Waals surface area contributed by atoms with Crippen LogP contribution in [-0.2, 0) is 17.8 Å². The van der Waals surface area contributed by atoms with Crippen LogP contribution in [0.3, 0.4) is 0 Å². The summed E-state index contributed by atoms with van der Waals surface area (Å²) in [6.45, 7) is 5.69. The van der Waals surface area contributed by atoms with Gasteiger partial charge in [-0.15, -0.1) is 0 Å². The maximum absolute atomic E-state index is 12.3. The number of nitrogens with one attached hydrogen (secondary N) is 2. The van der Waals surface area contributed by atoms with Gasteiger partial charge in [0.05, 0.1) is 11.6 Å². The number of aryl methyl sites for hydroxylation is 1. The second-order valence-electron chi connectivity index (χ2n) is 7.45. The number of anilines is 1. The maximum atomic E-state index is 12.3. The molecule has 0 saturated heterocycles. The van der Waals surface area contributed by atoms with Crippen molar-refractivity contribution in [1.82, 2.24) is 5.32 Å². The Bertz CT molecular complexity index is 1010. The summed E-state index contributed by atoms with van der Waals surface area (Å²) in [6.07, 6.45) is 0.949. The minimum Gasteiger partial charge on any atom is -0.490 e. The SMILES string of the molecule is CCOc1cc(CNCCc2ccccc2)cc(Cl)c1OCC(=O)Nc1ccc(C)cc1. The summed E-state index contributed by atoms with van der Waals surface area (Å²) in [5.41, 5.74) is 4.13. The molecule has 2 N–H and O–H groups in total. The van der Waals surface area contributed by atoms with Crippen LogP contribution in [0, 0.1) is 6.92 Å². The molecule has 0 saturated carbocycles. The van der Waals surface area contributed by atoms with Gasteiger partial charge in [0.1, 0.15) is 0 Å². The first-order chi connectivity index (χ1) is 15.5. The van der Waals surface area contributed by atoms with Crippen LogP contribution in [0.25, 0.3) is 0 Å². The molecule has 0 radical (unpaired) electrons. The zero-order chi connectivity index (χ0) is 22.8. The molecule has 0 aliphatic heterocycles. The van der Waals surface area contributed by atoms with Gasteiger partial charge in [0.2, 0.25) is 0 Å². The van der Waals surface area contributed by atoms with Gasteiger partial charge in [0.25, 0.3) is 5.91 Å². The number of ether oxygens (including phenoxy) is 2. The molecule has 5 nitrogen and oxygen atoms in total. The Morgan fingerprint density at radius 3 is 2.44 bits per heavy atom. The summed E-state index contributed by atoms with van der Waals surface area (Å²) >= 11 is 6.48. The maximum Gasteiger partial charge on any atom is 0.262 e. The second-order valence-corrected chi connectivity index (χ2v) is 7.86. The van der Waals surface area contributed by atoms with Crippen LogP contribution in [0.4, 0.5) is 5.69 Å². The quantitative estimate of drug-likeness (QED) is 0.382. The first-order valence-electron chi connectivity index (χ1n) is 10.7. The van der Waals surface area contributed by atoms with Crippen LogP contribution >= 0.6 is 11.6 Å². The van der Waals surface area contributed by atoms with Gasteiger partial charge >= 0.3 is 0 Å². The average molecular weight is 453 g/mol. The summed E-state index contributed by atoms with van der Waals surface area (Å²) in [5, 5.41) is 6.66. The fourth-order valence-electron chi connectivity index (χ4n) is 3.21. The summed E-state index contributed by atoms with van der Waals surface area (Å²) < 4.78 is 11.5. The van der Waals surface area contributed by atoms with E-state index in [1.165, 1.54) is 5.56 Å². The highest BCUT2D eigenvalue weighted by atomic mass is 35.5. The van der Waals surface area contributed by atoms with Gasteiger partial charge < -0.3 is 20.1 Å². The second kappa shape index (κ2) is 12.1. The number of amides is 1. The Hall–Kier alpha value is -3.02. The van der Waals surface area contributed by atoms with Crippen molar-refractivity contribution in [3.8, 4) is 11.5 Å². The molecule has 0 aliphatic rings. The van der Waals surface area contributed by atoms with Crippen molar-refractivity contribution in [2.24, 2.45) is 0 Å². The molecule has 0 aromatic heterocycles. The van der Waals surface area contributed by atoms with E-state index in [4.69, 9.17) is 21.1 Å². The Balaban J connectivity index is 1.56. The van der Waals surface area contributed by atoms with Gasteiger partial charge in [0.15, 0.2) is 18.1 Å². The Morgan fingerprint density at radius 2 is 1.72 bits per heavy atom. The van der Waals surface area contributed by atoms with E-state index in [-0.39, 0.29) is 12.5 Å². The molecule has 3 aromatic rings. The number of rotatable bonds is 11. The monoisotopic (exact) mass is 452 g/mol. The average Bonchev–Trinajstić information content (AvgIpc) is 2.79. The fourth-order valence-corrected chi connectivity index (χ4v) is 3.50. The first-order valence-corrected chi connectivity index (χ1v) is 11.1. The van der Waals surface area contributed by atoms with E-state index < -0.39 is 0 Å². The van der Waals surface area contributed by atoms with Gasteiger partial charge in [0, 0.05) is 12.2 Å². The van der Waals surface area contributed by atoms with E-state index >= 15 is 0 Å². The molecule has 0 atom stereocenters. The minimum absolute atomic E-state index is 0.164. The van der Waals surface area contributed by atoms with Crippen molar-refractivity contribution in [3.63, 3.8) is 0 Å². The third-order valence-corrected chi connectivity index (χ3v) is 5.10. The lowest BCUT2D eigenvalue weighted by Gasteiger charge is -2.15. The number of carbonyl (C=O) groups excluding carboxylic acids is 1. The van der Waals surface area contributed by atoms with E-state index in [1.807, 2.05) is 68.4 Å². The molecule has 3 aromatic carbocycles. The molecule has 0 spiro atoms. The molecule has 0 aliphatic carbocycles. The predicted molar refractivity (Wildman–Crippen MR) is 130 cm³/mol. The highest BCUT2D eigenvalue weighted by molar-refractivity contribution is 6.32. The van der Waals surface area contributed by atoms with E-state index in [1.54, 1.807) is 0 Å². The van der Waals surface area contributed by atoms with Crippen molar-refractivity contribution in [2.75, 3.05) is 25.1 Å². The fraction of sp³-hybridized carbons (Fsp3) is 0.269. The first kappa shape index (κ1) is 23.6. The molecule has 168 valence electrons. The molecule has 32 heavy (non-hydrogen) atoms. The van der Waals surface area contributed by atoms with Gasteiger partial charge in [-0.1, -0.05) is 59.6 Å². The number of hydrogen-bond acceptors (Lipinski definition) is 4. The molecule has 0 fully saturated rings. The van der Waals surface area contributed by atoms with Gasteiger partial charge in [-0.25, -0.2) is 0 Å². The predicted octanol–water partition coefficient (Wildman–Crippen LogP) is 5.40. The van der Waals surface area contributed by atoms with Gasteiger partial charge in [-0.3, -0.25) is 4.79 Å². The number of hydrogen-bond donors (Lipinski definition) is 2. The van der Waals surface area contributed by atoms with Crippen LogP contribution in [0.15, 0.2) is 66.7 Å². The molecule has 0 bridgehead atoms. The van der Waals surface area contributed by atoms with Crippen LogP contribution in [-0.4, -0.2) is 25.7 Å². The molecule has 0 heterocycles. The summed E-state index contributed by atoms with van der Waals surface area (Å²) in [6, 6.07) is 21.7. The van der Waals surface area contributed by atoms with Crippen LogP contribution in [0.2, 0.25) is 5.02 Å². The third-order valence-electron chi connectivity index (χ3n) is 4.81. The Kier molecular flexibility index (Phi) is 8.96. The lowest BCUT2D eigenvalue weighted by molar-refractivity contribution is -0.118. The van der Waals surface area contributed by atoms with Crippen LogP contribution in [0.1, 0.15) is 23.6 Å². The van der Waals surface area contributed by atoms with Gasteiger partial charge in [-0.2, -0.15) is 0 Å². The highest BCUT2D eigenvalue weighted by Crippen LogP contribution is 2.36. The minimum atomic E-state index is -0.265. The number of benzene rings is 3. The number of halogens is 1. The lowest BCUT2D eigenvalue weighted by atomic mass is 10.1. The topological polar surface area (TPSA) is 59.6 Å². The number of carbonyl (C=O) groups is 1. The highest BCUT2D eigenvalue weighted by Gasteiger charge is 2.14. The lowest BCUT2D eigenvalue weighted by Crippen LogP contribution is -2.20. The van der Waals surface area contributed by atoms with Crippen molar-refractivity contribution in [2.45, 2.75) is 26.8 Å². The standard InChI is InChI=1S/C26H29ClN2O3/c1-3-31-24-16-21(17-28-14-13-20-7-5-4-6-8-20)15-23(27)26(24)32-18-25(30)29-22-11-9-19(2)10-12-22/h4-12,15-16,28H,3,13-14,17-18H2,1-2H3,(H,29,30). The molecule has 6 heteroatoms. The smallest absolute Gasteiger partial charge is 0.262 e. The van der Waals surface area contributed by atoms with E-state index in [9.17, 15) is 4.79 Å². The summed E-state index contributed by atoms with van der Waals surface area (Å²) in [4.78, 5) is 12.3. The van der Waals surface area contributed by atoms with Crippen molar-refractivity contribution in [1.29, 1.82) is 0 Å².